The first-order valence-corrected chi connectivity index (χ1v) is 7.54. The molecule has 100 valence electrons. The van der Waals surface area contributed by atoms with Crippen molar-refractivity contribution in [1.82, 2.24) is 0 Å². The third-order valence-corrected chi connectivity index (χ3v) is 4.57. The van der Waals surface area contributed by atoms with Gasteiger partial charge in [0.05, 0.1) is 12.8 Å². The highest BCUT2D eigenvalue weighted by Gasteiger charge is 2.13. The van der Waals surface area contributed by atoms with Crippen molar-refractivity contribution in [2.45, 2.75) is 11.8 Å². The minimum Gasteiger partial charge on any atom is -0.465 e. The van der Waals surface area contributed by atoms with Crippen molar-refractivity contribution in [3.05, 3.63) is 45.1 Å². The Morgan fingerprint density at radius 3 is 2.89 bits per heavy atom. The van der Waals surface area contributed by atoms with Crippen LogP contribution in [-0.4, -0.2) is 13.1 Å². The van der Waals surface area contributed by atoms with Gasteiger partial charge in [-0.1, -0.05) is 11.6 Å². The van der Waals surface area contributed by atoms with Gasteiger partial charge in [0.15, 0.2) is 0 Å². The standard InChI is InChI=1S/C13H12ClNO2S2/c1-8-7-9(14)3-4-11(8)19-15-10-5-6-18-12(10)13(16)17-2/h3-7,15H,1-2H3. The van der Waals surface area contributed by atoms with Gasteiger partial charge < -0.3 is 9.46 Å². The molecule has 0 amide bonds. The van der Waals surface area contributed by atoms with Crippen LogP contribution in [0.1, 0.15) is 15.2 Å². The molecule has 0 radical (unpaired) electrons. The molecule has 2 rings (SSSR count). The summed E-state index contributed by atoms with van der Waals surface area (Å²) in [5.41, 5.74) is 1.84. The molecule has 1 aromatic heterocycles. The summed E-state index contributed by atoms with van der Waals surface area (Å²) in [5.74, 6) is -0.328. The molecular formula is C13H12ClNO2S2. The van der Waals surface area contributed by atoms with Gasteiger partial charge in [0, 0.05) is 9.92 Å². The van der Waals surface area contributed by atoms with Gasteiger partial charge in [-0.05, 0) is 54.1 Å². The van der Waals surface area contributed by atoms with Gasteiger partial charge in [0.2, 0.25) is 0 Å². The number of ether oxygens (including phenoxy) is 1. The average Bonchev–Trinajstić information content (AvgIpc) is 2.85. The second-order valence-corrected chi connectivity index (χ2v) is 5.97. The predicted molar refractivity (Wildman–Crippen MR) is 81.3 cm³/mol. The smallest absolute Gasteiger partial charge is 0.350 e. The normalized spacial score (nSPS) is 10.3. The number of carbonyl (C=O) groups excluding carboxylic acids is 1. The highest BCUT2D eigenvalue weighted by atomic mass is 35.5. The summed E-state index contributed by atoms with van der Waals surface area (Å²) in [5, 5.41) is 2.57. The van der Waals surface area contributed by atoms with E-state index in [0.717, 1.165) is 16.1 Å². The number of esters is 1. The van der Waals surface area contributed by atoms with Gasteiger partial charge in [-0.2, -0.15) is 0 Å². The van der Waals surface area contributed by atoms with Crippen molar-refractivity contribution in [3.8, 4) is 0 Å². The third-order valence-electron chi connectivity index (χ3n) is 2.44. The number of hydrogen-bond acceptors (Lipinski definition) is 5. The van der Waals surface area contributed by atoms with Crippen LogP contribution in [0.4, 0.5) is 5.69 Å². The van der Waals surface area contributed by atoms with E-state index < -0.39 is 0 Å². The van der Waals surface area contributed by atoms with E-state index in [1.54, 1.807) is 0 Å². The fourth-order valence-corrected chi connectivity index (χ4v) is 3.28. The molecule has 0 aliphatic heterocycles. The van der Waals surface area contributed by atoms with Crippen LogP contribution in [0.5, 0.6) is 0 Å². The Labute approximate surface area is 125 Å². The summed E-state index contributed by atoms with van der Waals surface area (Å²) in [6.45, 7) is 1.99. The number of rotatable bonds is 4. The number of aryl methyl sites for hydroxylation is 1. The highest BCUT2D eigenvalue weighted by Crippen LogP contribution is 2.30. The molecule has 0 fully saturated rings. The van der Waals surface area contributed by atoms with E-state index in [1.807, 2.05) is 36.6 Å². The van der Waals surface area contributed by atoms with Gasteiger partial charge >= 0.3 is 5.97 Å². The van der Waals surface area contributed by atoms with Crippen LogP contribution in [0.25, 0.3) is 0 Å². The van der Waals surface area contributed by atoms with Crippen molar-refractivity contribution >= 4 is 46.5 Å². The molecule has 19 heavy (non-hydrogen) atoms. The van der Waals surface area contributed by atoms with Crippen LogP contribution in [-0.2, 0) is 4.74 Å². The van der Waals surface area contributed by atoms with E-state index >= 15 is 0 Å². The largest absolute Gasteiger partial charge is 0.465 e. The Morgan fingerprint density at radius 2 is 2.21 bits per heavy atom. The maximum absolute atomic E-state index is 11.5. The summed E-state index contributed by atoms with van der Waals surface area (Å²) in [7, 11) is 1.38. The maximum atomic E-state index is 11.5. The van der Waals surface area contributed by atoms with Crippen LogP contribution in [0, 0.1) is 6.92 Å². The molecule has 0 spiro atoms. The minimum absolute atomic E-state index is 0.328. The van der Waals surface area contributed by atoms with Crippen molar-refractivity contribution in [2.24, 2.45) is 0 Å². The second kappa shape index (κ2) is 6.32. The third kappa shape index (κ3) is 3.43. The molecule has 0 aliphatic carbocycles. The molecule has 6 heteroatoms. The van der Waals surface area contributed by atoms with E-state index in [0.29, 0.717) is 9.90 Å². The molecule has 1 heterocycles. The van der Waals surface area contributed by atoms with E-state index in [4.69, 9.17) is 16.3 Å². The maximum Gasteiger partial charge on any atom is 0.350 e. The fourth-order valence-electron chi connectivity index (χ4n) is 1.48. The van der Waals surface area contributed by atoms with E-state index in [1.165, 1.54) is 30.4 Å². The Kier molecular flexibility index (Phi) is 4.74. The zero-order chi connectivity index (χ0) is 13.8. The lowest BCUT2D eigenvalue weighted by Crippen LogP contribution is -2.01. The number of carbonyl (C=O) groups is 1. The lowest BCUT2D eigenvalue weighted by molar-refractivity contribution is 0.0607. The predicted octanol–water partition coefficient (Wildman–Crippen LogP) is 4.62. The molecule has 1 N–H and O–H groups in total. The van der Waals surface area contributed by atoms with E-state index in [9.17, 15) is 4.79 Å². The molecule has 0 saturated carbocycles. The molecular weight excluding hydrogens is 302 g/mol. The van der Waals surface area contributed by atoms with Crippen LogP contribution in [0.2, 0.25) is 5.02 Å². The monoisotopic (exact) mass is 313 g/mol. The van der Waals surface area contributed by atoms with E-state index in [-0.39, 0.29) is 5.97 Å². The number of benzene rings is 1. The average molecular weight is 314 g/mol. The molecule has 1 aromatic carbocycles. The van der Waals surface area contributed by atoms with Crippen molar-refractivity contribution in [3.63, 3.8) is 0 Å². The molecule has 0 unspecified atom stereocenters. The SMILES string of the molecule is COC(=O)c1sccc1NSc1ccc(Cl)cc1C. The molecule has 0 bridgehead atoms. The van der Waals surface area contributed by atoms with Gasteiger partial charge in [0.1, 0.15) is 4.88 Å². The molecule has 0 atom stereocenters. The minimum atomic E-state index is -0.328. The number of anilines is 1. The highest BCUT2D eigenvalue weighted by molar-refractivity contribution is 8.00. The van der Waals surface area contributed by atoms with Gasteiger partial charge in [0.25, 0.3) is 0 Å². The zero-order valence-electron chi connectivity index (χ0n) is 10.4. The Bertz CT molecular complexity index is 598. The zero-order valence-corrected chi connectivity index (χ0v) is 12.8. The molecule has 0 saturated heterocycles. The van der Waals surface area contributed by atoms with Crippen LogP contribution >= 0.6 is 34.9 Å². The first-order chi connectivity index (χ1) is 9.11. The number of thiophene rings is 1. The molecule has 2 aromatic rings. The number of methoxy groups -OCH3 is 1. The van der Waals surface area contributed by atoms with Gasteiger partial charge in [-0.15, -0.1) is 11.3 Å². The summed E-state index contributed by atoms with van der Waals surface area (Å²) < 4.78 is 7.90. The van der Waals surface area contributed by atoms with Gasteiger partial charge in [-0.3, -0.25) is 0 Å². The Morgan fingerprint density at radius 1 is 1.42 bits per heavy atom. The quantitative estimate of drug-likeness (QED) is 0.660. The van der Waals surface area contributed by atoms with Crippen LogP contribution in [0.3, 0.4) is 0 Å². The van der Waals surface area contributed by atoms with Crippen molar-refractivity contribution in [2.75, 3.05) is 11.8 Å². The summed E-state index contributed by atoms with van der Waals surface area (Å²) in [4.78, 5) is 13.2. The second-order valence-electron chi connectivity index (χ2n) is 3.77. The summed E-state index contributed by atoms with van der Waals surface area (Å²) in [6.07, 6.45) is 0. The van der Waals surface area contributed by atoms with E-state index in [2.05, 4.69) is 4.72 Å². The van der Waals surface area contributed by atoms with Crippen molar-refractivity contribution in [1.29, 1.82) is 0 Å². The molecule has 0 aliphatic rings. The topological polar surface area (TPSA) is 38.3 Å². The lowest BCUT2D eigenvalue weighted by Gasteiger charge is -2.08. The summed E-state index contributed by atoms with van der Waals surface area (Å²) >= 11 is 8.71. The first-order valence-electron chi connectivity index (χ1n) is 5.46. The first kappa shape index (κ1) is 14.2. The van der Waals surface area contributed by atoms with Gasteiger partial charge in [-0.25, -0.2) is 4.79 Å². The summed E-state index contributed by atoms with van der Waals surface area (Å²) in [6, 6.07) is 7.54. The fraction of sp³-hybridized carbons (Fsp3) is 0.154. The lowest BCUT2D eigenvalue weighted by atomic mass is 10.2. The van der Waals surface area contributed by atoms with Crippen LogP contribution in [0.15, 0.2) is 34.5 Å². The number of hydrogen-bond donors (Lipinski definition) is 1. The molecule has 3 nitrogen and oxygen atoms in total. The Hall–Kier alpha value is -1.17. The Balaban J connectivity index is 2.10. The number of halogens is 1. The van der Waals surface area contributed by atoms with Crippen molar-refractivity contribution < 1.29 is 9.53 Å². The number of nitrogens with one attached hydrogen (secondary N) is 1. The van der Waals surface area contributed by atoms with Crippen LogP contribution < -0.4 is 4.72 Å².